The highest BCUT2D eigenvalue weighted by atomic mass is 79.9. The van der Waals surface area contributed by atoms with Crippen molar-refractivity contribution in [2.24, 2.45) is 0 Å². The van der Waals surface area contributed by atoms with Gasteiger partial charge in [0.2, 0.25) is 0 Å². The van der Waals surface area contributed by atoms with Crippen molar-refractivity contribution in [3.63, 3.8) is 0 Å². The van der Waals surface area contributed by atoms with E-state index in [9.17, 15) is 9.59 Å². The molecule has 1 aliphatic rings. The van der Waals surface area contributed by atoms with Gasteiger partial charge in [-0.2, -0.15) is 0 Å². The molecule has 1 heterocycles. The van der Waals surface area contributed by atoms with Crippen LogP contribution in [0.5, 0.6) is 0 Å². The Morgan fingerprint density at radius 2 is 1.35 bits per heavy atom. The lowest BCUT2D eigenvalue weighted by Crippen LogP contribution is -2.48. The van der Waals surface area contributed by atoms with Crippen LogP contribution in [0.1, 0.15) is 26.3 Å². The van der Waals surface area contributed by atoms with Crippen LogP contribution in [0.15, 0.2) is 77.3 Å². The molecule has 1 saturated heterocycles. The Morgan fingerprint density at radius 1 is 0.774 bits per heavy atom. The van der Waals surface area contributed by atoms with Crippen LogP contribution in [0.4, 0.5) is 11.4 Å². The maximum Gasteiger partial charge on any atom is 0.255 e. The number of aryl methyl sites for hydroxylation is 1. The lowest BCUT2D eigenvalue weighted by molar-refractivity contribution is 0.0746. The number of nitrogens with zero attached hydrogens (tertiary/aromatic N) is 2. The van der Waals surface area contributed by atoms with E-state index >= 15 is 0 Å². The molecule has 2 amide bonds. The third-order valence-corrected chi connectivity index (χ3v) is 5.99. The number of carbonyl (C=O) groups excluding carboxylic acids is 2. The molecule has 3 aromatic carbocycles. The molecule has 1 fully saturated rings. The molecule has 0 spiro atoms. The van der Waals surface area contributed by atoms with E-state index in [2.05, 4.69) is 26.1 Å². The summed E-state index contributed by atoms with van der Waals surface area (Å²) in [5.41, 5.74) is 4.35. The topological polar surface area (TPSA) is 52.7 Å². The Bertz CT molecular complexity index is 1060. The second-order valence-electron chi connectivity index (χ2n) is 7.65. The van der Waals surface area contributed by atoms with E-state index in [1.807, 2.05) is 72.5 Å². The van der Waals surface area contributed by atoms with Crippen LogP contribution < -0.4 is 10.2 Å². The van der Waals surface area contributed by atoms with E-state index in [0.717, 1.165) is 40.1 Å². The lowest BCUT2D eigenvalue weighted by Gasteiger charge is -2.36. The Labute approximate surface area is 190 Å². The fourth-order valence-corrected chi connectivity index (χ4v) is 3.87. The minimum atomic E-state index is -0.136. The van der Waals surface area contributed by atoms with E-state index in [0.29, 0.717) is 18.7 Å². The van der Waals surface area contributed by atoms with Crippen molar-refractivity contribution < 1.29 is 9.59 Å². The molecule has 0 atom stereocenters. The number of amides is 2. The van der Waals surface area contributed by atoms with E-state index in [-0.39, 0.29) is 11.8 Å². The van der Waals surface area contributed by atoms with Gasteiger partial charge in [-0.15, -0.1) is 0 Å². The molecular weight excluding hydrogens is 454 g/mol. The average molecular weight is 478 g/mol. The number of rotatable bonds is 4. The summed E-state index contributed by atoms with van der Waals surface area (Å²) < 4.78 is 0.939. The monoisotopic (exact) mass is 477 g/mol. The molecule has 0 aromatic heterocycles. The number of piperazine rings is 1. The van der Waals surface area contributed by atoms with E-state index < -0.39 is 0 Å². The first-order valence-corrected chi connectivity index (χ1v) is 11.1. The normalized spacial score (nSPS) is 13.7. The summed E-state index contributed by atoms with van der Waals surface area (Å²) in [5.74, 6) is -0.0471. The summed E-state index contributed by atoms with van der Waals surface area (Å²) in [6.45, 7) is 4.96. The number of hydrogen-bond donors (Lipinski definition) is 1. The summed E-state index contributed by atoms with van der Waals surface area (Å²) in [4.78, 5) is 29.2. The predicted molar refractivity (Wildman–Crippen MR) is 128 cm³/mol. The number of hydrogen-bond acceptors (Lipinski definition) is 3. The summed E-state index contributed by atoms with van der Waals surface area (Å²) in [6, 6.07) is 22.8. The standard InChI is InChI=1S/C25H24BrN3O2/c1-18-2-4-20(5-3-18)25(31)29-16-14-28(15-17-29)23-12-10-22(11-13-23)27-24(30)19-6-8-21(26)9-7-19/h2-13H,14-17H2,1H3,(H,27,30). The van der Waals surface area contributed by atoms with Gasteiger partial charge in [-0.05, 0) is 67.6 Å². The molecule has 1 N–H and O–H groups in total. The van der Waals surface area contributed by atoms with Gasteiger partial charge in [-0.25, -0.2) is 0 Å². The van der Waals surface area contributed by atoms with E-state index in [1.165, 1.54) is 0 Å². The fourth-order valence-electron chi connectivity index (χ4n) is 3.61. The largest absolute Gasteiger partial charge is 0.368 e. The molecule has 4 rings (SSSR count). The first-order chi connectivity index (χ1) is 15.0. The Kier molecular flexibility index (Phi) is 6.37. The molecule has 0 unspecified atom stereocenters. The van der Waals surface area contributed by atoms with Gasteiger partial charge < -0.3 is 15.1 Å². The second-order valence-corrected chi connectivity index (χ2v) is 8.57. The zero-order valence-corrected chi connectivity index (χ0v) is 18.9. The van der Waals surface area contributed by atoms with Gasteiger partial charge in [0.15, 0.2) is 0 Å². The van der Waals surface area contributed by atoms with Gasteiger partial charge >= 0.3 is 0 Å². The molecule has 158 valence electrons. The molecule has 3 aromatic rings. The fraction of sp³-hybridized carbons (Fsp3) is 0.200. The van der Waals surface area contributed by atoms with Crippen LogP contribution in [0.2, 0.25) is 0 Å². The van der Waals surface area contributed by atoms with Gasteiger partial charge in [0.25, 0.3) is 11.8 Å². The number of halogens is 1. The molecule has 5 nitrogen and oxygen atoms in total. The van der Waals surface area contributed by atoms with Crippen LogP contribution in [0.25, 0.3) is 0 Å². The van der Waals surface area contributed by atoms with Crippen LogP contribution in [0, 0.1) is 6.92 Å². The molecule has 1 aliphatic heterocycles. The summed E-state index contributed by atoms with van der Waals surface area (Å²) in [6.07, 6.45) is 0. The Balaban J connectivity index is 1.33. The molecule has 0 radical (unpaired) electrons. The lowest BCUT2D eigenvalue weighted by atomic mass is 10.1. The summed E-state index contributed by atoms with van der Waals surface area (Å²) >= 11 is 3.37. The zero-order valence-electron chi connectivity index (χ0n) is 17.3. The smallest absolute Gasteiger partial charge is 0.255 e. The van der Waals surface area contributed by atoms with Crippen LogP contribution in [0.3, 0.4) is 0 Å². The number of benzene rings is 3. The number of nitrogens with one attached hydrogen (secondary N) is 1. The SMILES string of the molecule is Cc1ccc(C(=O)N2CCN(c3ccc(NC(=O)c4ccc(Br)cc4)cc3)CC2)cc1. The predicted octanol–water partition coefficient (Wildman–Crippen LogP) is 4.97. The first kappa shape index (κ1) is 21.1. The van der Waals surface area contributed by atoms with Crippen molar-refractivity contribution in [1.82, 2.24) is 4.90 Å². The van der Waals surface area contributed by atoms with Crippen LogP contribution in [-0.4, -0.2) is 42.9 Å². The molecule has 6 heteroatoms. The van der Waals surface area contributed by atoms with Crippen molar-refractivity contribution >= 4 is 39.1 Å². The second kappa shape index (κ2) is 9.35. The summed E-state index contributed by atoms with van der Waals surface area (Å²) in [7, 11) is 0. The summed E-state index contributed by atoms with van der Waals surface area (Å²) in [5, 5.41) is 2.93. The van der Waals surface area contributed by atoms with Gasteiger partial charge in [0.1, 0.15) is 0 Å². The van der Waals surface area contributed by atoms with Crippen molar-refractivity contribution in [2.45, 2.75) is 6.92 Å². The average Bonchev–Trinajstić information content (AvgIpc) is 2.80. The van der Waals surface area contributed by atoms with Crippen LogP contribution >= 0.6 is 15.9 Å². The highest BCUT2D eigenvalue weighted by molar-refractivity contribution is 9.10. The third-order valence-electron chi connectivity index (χ3n) is 5.46. The van der Waals surface area contributed by atoms with E-state index in [4.69, 9.17) is 0 Å². The molecule has 0 saturated carbocycles. The number of anilines is 2. The quantitative estimate of drug-likeness (QED) is 0.576. The molecule has 0 aliphatic carbocycles. The Hall–Kier alpha value is -3.12. The van der Waals surface area contributed by atoms with Crippen molar-refractivity contribution in [3.8, 4) is 0 Å². The van der Waals surface area contributed by atoms with Gasteiger partial charge in [0.05, 0.1) is 0 Å². The van der Waals surface area contributed by atoms with E-state index in [1.54, 1.807) is 12.1 Å². The first-order valence-electron chi connectivity index (χ1n) is 10.3. The zero-order chi connectivity index (χ0) is 21.8. The third kappa shape index (κ3) is 5.14. The molecule has 0 bridgehead atoms. The molecule has 31 heavy (non-hydrogen) atoms. The van der Waals surface area contributed by atoms with Gasteiger partial charge in [0, 0.05) is 53.2 Å². The molecular formula is C25H24BrN3O2. The minimum Gasteiger partial charge on any atom is -0.368 e. The van der Waals surface area contributed by atoms with Crippen molar-refractivity contribution in [3.05, 3.63) is 94.0 Å². The highest BCUT2D eigenvalue weighted by Gasteiger charge is 2.22. The maximum absolute atomic E-state index is 12.7. The van der Waals surface area contributed by atoms with Crippen molar-refractivity contribution in [1.29, 1.82) is 0 Å². The number of carbonyl (C=O) groups is 2. The minimum absolute atomic E-state index is 0.0886. The van der Waals surface area contributed by atoms with Gasteiger partial charge in [-0.1, -0.05) is 33.6 Å². The van der Waals surface area contributed by atoms with Crippen LogP contribution in [-0.2, 0) is 0 Å². The van der Waals surface area contributed by atoms with Gasteiger partial charge in [-0.3, -0.25) is 9.59 Å². The highest BCUT2D eigenvalue weighted by Crippen LogP contribution is 2.21. The maximum atomic E-state index is 12.7. The van der Waals surface area contributed by atoms with Crippen molar-refractivity contribution in [2.75, 3.05) is 36.4 Å². The Morgan fingerprint density at radius 3 is 1.97 bits per heavy atom.